The first-order valence-electron chi connectivity index (χ1n) is 7.79. The average molecular weight is 300 g/mol. The van der Waals surface area contributed by atoms with Gasteiger partial charge < -0.3 is 4.74 Å². The van der Waals surface area contributed by atoms with Crippen LogP contribution in [0.15, 0.2) is 54.6 Å². The van der Waals surface area contributed by atoms with Gasteiger partial charge in [0.15, 0.2) is 5.78 Å². The molecule has 0 aliphatic heterocycles. The molecule has 0 saturated carbocycles. The average Bonchev–Trinajstić information content (AvgIpc) is 2.53. The fourth-order valence-corrected chi connectivity index (χ4v) is 1.93. The van der Waals surface area contributed by atoms with Gasteiger partial charge >= 0.3 is 5.97 Å². The molecule has 0 unspecified atom stereocenters. The minimum Gasteiger partial charge on any atom is -0.463 e. The predicted octanol–water partition coefficient (Wildman–Crippen LogP) is 4.03. The Morgan fingerprint density at radius 1 is 1.05 bits per heavy atom. The van der Waals surface area contributed by atoms with Crippen LogP contribution in [0.3, 0.4) is 0 Å². The van der Waals surface area contributed by atoms with Crippen molar-refractivity contribution < 1.29 is 14.3 Å². The van der Waals surface area contributed by atoms with Gasteiger partial charge in [0.2, 0.25) is 0 Å². The van der Waals surface area contributed by atoms with Crippen molar-refractivity contribution in [1.82, 2.24) is 0 Å². The SMILES string of the molecule is CCOC(=O)/C=C/CCC/C=C/C(=O)CCc1ccccc1. The number of allylic oxidation sites excluding steroid dienone is 3. The van der Waals surface area contributed by atoms with E-state index >= 15 is 0 Å². The van der Waals surface area contributed by atoms with E-state index in [0.717, 1.165) is 25.7 Å². The zero-order valence-electron chi connectivity index (χ0n) is 13.2. The number of esters is 1. The van der Waals surface area contributed by atoms with Gasteiger partial charge in [0.05, 0.1) is 6.61 Å². The molecule has 0 fully saturated rings. The molecule has 1 aromatic carbocycles. The van der Waals surface area contributed by atoms with Crippen LogP contribution in [0.25, 0.3) is 0 Å². The topological polar surface area (TPSA) is 43.4 Å². The molecule has 0 bridgehead atoms. The summed E-state index contributed by atoms with van der Waals surface area (Å²) in [5, 5.41) is 0. The third-order valence-corrected chi connectivity index (χ3v) is 3.09. The van der Waals surface area contributed by atoms with E-state index in [2.05, 4.69) is 0 Å². The molecule has 0 saturated heterocycles. The number of ether oxygens (including phenoxy) is 1. The van der Waals surface area contributed by atoms with Crippen LogP contribution in [0, 0.1) is 0 Å². The van der Waals surface area contributed by atoms with Gasteiger partial charge in [-0.05, 0) is 44.2 Å². The van der Waals surface area contributed by atoms with Crippen molar-refractivity contribution in [2.24, 2.45) is 0 Å². The summed E-state index contributed by atoms with van der Waals surface area (Å²) in [4.78, 5) is 22.7. The van der Waals surface area contributed by atoms with Crippen LogP contribution < -0.4 is 0 Å². The highest BCUT2D eigenvalue weighted by Gasteiger charge is 1.98. The Hall–Kier alpha value is -2.16. The lowest BCUT2D eigenvalue weighted by atomic mass is 10.1. The second kappa shape index (κ2) is 11.5. The summed E-state index contributed by atoms with van der Waals surface area (Å²) in [5.41, 5.74) is 1.19. The fourth-order valence-electron chi connectivity index (χ4n) is 1.93. The van der Waals surface area contributed by atoms with Crippen LogP contribution in [0.4, 0.5) is 0 Å². The summed E-state index contributed by atoms with van der Waals surface area (Å²) in [6.45, 7) is 2.18. The van der Waals surface area contributed by atoms with Crippen LogP contribution in [0.2, 0.25) is 0 Å². The van der Waals surface area contributed by atoms with Crippen LogP contribution >= 0.6 is 0 Å². The largest absolute Gasteiger partial charge is 0.463 e. The van der Waals surface area contributed by atoms with E-state index in [0.29, 0.717) is 13.0 Å². The fraction of sp³-hybridized carbons (Fsp3) is 0.368. The number of unbranched alkanes of at least 4 members (excludes halogenated alkanes) is 2. The molecule has 0 aliphatic rings. The second-order valence-corrected chi connectivity index (χ2v) is 4.94. The molecular formula is C19H24O3. The van der Waals surface area contributed by atoms with E-state index < -0.39 is 0 Å². The summed E-state index contributed by atoms with van der Waals surface area (Å²) in [7, 11) is 0. The molecule has 0 aliphatic carbocycles. The standard InChI is InChI=1S/C19H24O3/c1-2-22-19(21)14-10-5-3-4-9-13-18(20)16-15-17-11-7-6-8-12-17/h6-14H,2-5,15-16H2,1H3/b13-9+,14-10+. The molecule has 0 spiro atoms. The molecule has 3 heteroatoms. The summed E-state index contributed by atoms with van der Waals surface area (Å²) in [5.74, 6) is -0.139. The van der Waals surface area contributed by atoms with Crippen molar-refractivity contribution in [3.8, 4) is 0 Å². The number of ketones is 1. The number of rotatable bonds is 10. The maximum Gasteiger partial charge on any atom is 0.330 e. The Labute approximate surface area is 132 Å². The highest BCUT2D eigenvalue weighted by atomic mass is 16.5. The number of aryl methyl sites for hydroxylation is 1. The van der Waals surface area contributed by atoms with Gasteiger partial charge in [0, 0.05) is 12.5 Å². The molecule has 1 aromatic rings. The predicted molar refractivity (Wildman–Crippen MR) is 88.5 cm³/mol. The Balaban J connectivity index is 2.10. The number of carbonyl (C=O) groups excluding carboxylic acids is 2. The first kappa shape index (κ1) is 17.9. The molecular weight excluding hydrogens is 276 g/mol. The molecule has 0 aromatic heterocycles. The third-order valence-electron chi connectivity index (χ3n) is 3.09. The minimum atomic E-state index is -0.297. The maximum atomic E-state index is 11.7. The van der Waals surface area contributed by atoms with Gasteiger partial charge in [-0.15, -0.1) is 0 Å². The van der Waals surface area contributed by atoms with E-state index in [1.54, 1.807) is 13.0 Å². The van der Waals surface area contributed by atoms with Crippen molar-refractivity contribution in [2.45, 2.75) is 39.0 Å². The molecule has 0 N–H and O–H groups in total. The zero-order valence-corrected chi connectivity index (χ0v) is 13.2. The van der Waals surface area contributed by atoms with Crippen molar-refractivity contribution >= 4 is 11.8 Å². The summed E-state index contributed by atoms with van der Waals surface area (Å²) >= 11 is 0. The number of benzene rings is 1. The van der Waals surface area contributed by atoms with Gasteiger partial charge in [-0.3, -0.25) is 4.79 Å². The highest BCUT2D eigenvalue weighted by molar-refractivity contribution is 5.89. The Bertz CT molecular complexity index is 501. The van der Waals surface area contributed by atoms with Crippen molar-refractivity contribution in [3.63, 3.8) is 0 Å². The first-order chi connectivity index (χ1) is 10.7. The van der Waals surface area contributed by atoms with E-state index in [4.69, 9.17) is 4.74 Å². The third kappa shape index (κ3) is 8.90. The summed E-state index contributed by atoms with van der Waals surface area (Å²) in [6, 6.07) is 10.0. The van der Waals surface area contributed by atoms with E-state index in [1.807, 2.05) is 42.5 Å². The lowest BCUT2D eigenvalue weighted by Gasteiger charge is -1.98. The second-order valence-electron chi connectivity index (χ2n) is 4.94. The first-order valence-corrected chi connectivity index (χ1v) is 7.79. The number of hydrogen-bond acceptors (Lipinski definition) is 3. The van der Waals surface area contributed by atoms with E-state index in [9.17, 15) is 9.59 Å². The molecule has 1 rings (SSSR count). The number of hydrogen-bond donors (Lipinski definition) is 0. The van der Waals surface area contributed by atoms with Crippen LogP contribution in [0.5, 0.6) is 0 Å². The van der Waals surface area contributed by atoms with Crippen molar-refractivity contribution in [2.75, 3.05) is 6.61 Å². The van der Waals surface area contributed by atoms with Crippen LogP contribution in [0.1, 0.15) is 38.2 Å². The van der Waals surface area contributed by atoms with Crippen LogP contribution in [-0.2, 0) is 20.7 Å². The van der Waals surface area contributed by atoms with Gasteiger partial charge in [-0.25, -0.2) is 4.79 Å². The van der Waals surface area contributed by atoms with E-state index in [1.165, 1.54) is 11.6 Å². The van der Waals surface area contributed by atoms with Gasteiger partial charge in [0.25, 0.3) is 0 Å². The maximum absolute atomic E-state index is 11.7. The Kier molecular flexibility index (Phi) is 9.35. The molecule has 118 valence electrons. The normalized spacial score (nSPS) is 11.1. The minimum absolute atomic E-state index is 0.158. The smallest absolute Gasteiger partial charge is 0.330 e. The van der Waals surface area contributed by atoms with Gasteiger partial charge in [-0.1, -0.05) is 42.5 Å². The van der Waals surface area contributed by atoms with Crippen molar-refractivity contribution in [1.29, 1.82) is 0 Å². The van der Waals surface area contributed by atoms with Crippen LogP contribution in [-0.4, -0.2) is 18.4 Å². The molecule has 3 nitrogen and oxygen atoms in total. The number of carbonyl (C=O) groups is 2. The Morgan fingerprint density at radius 2 is 1.73 bits per heavy atom. The Morgan fingerprint density at radius 3 is 2.41 bits per heavy atom. The summed E-state index contributed by atoms with van der Waals surface area (Å²) in [6.07, 6.45) is 10.7. The van der Waals surface area contributed by atoms with Gasteiger partial charge in [0.1, 0.15) is 0 Å². The quantitative estimate of drug-likeness (QED) is 0.372. The zero-order chi connectivity index (χ0) is 16.0. The molecule has 0 amide bonds. The van der Waals surface area contributed by atoms with Crippen molar-refractivity contribution in [3.05, 3.63) is 60.2 Å². The lowest BCUT2D eigenvalue weighted by molar-refractivity contribution is -0.137. The van der Waals surface area contributed by atoms with Gasteiger partial charge in [-0.2, -0.15) is 0 Å². The van der Waals surface area contributed by atoms with E-state index in [-0.39, 0.29) is 11.8 Å². The molecule has 22 heavy (non-hydrogen) atoms. The lowest BCUT2D eigenvalue weighted by Crippen LogP contribution is -1.98. The highest BCUT2D eigenvalue weighted by Crippen LogP contribution is 2.04. The molecule has 0 atom stereocenters. The summed E-state index contributed by atoms with van der Waals surface area (Å²) < 4.78 is 4.78. The monoisotopic (exact) mass is 300 g/mol. The molecule has 0 heterocycles. The molecule has 0 radical (unpaired) electrons.